The Kier molecular flexibility index (Phi) is 6.95. The summed E-state index contributed by atoms with van der Waals surface area (Å²) in [5.74, 6) is 0.846. The van der Waals surface area contributed by atoms with Crippen LogP contribution in [0.1, 0.15) is 44.6 Å². The van der Waals surface area contributed by atoms with Crippen LogP contribution in [0.2, 0.25) is 0 Å². The average Bonchev–Trinajstić information content (AvgIpc) is 2.62. The van der Waals surface area contributed by atoms with Gasteiger partial charge in [-0.25, -0.2) is 0 Å². The standard InChI is InChI=1S/C20H31BrN4O/c1-2-22-19(23-15-20(26)10-3-11-20)24-18-8-12-25(13-9-18)14-16-4-6-17(21)7-5-16/h4-7,18,26H,2-3,8-15H2,1H3,(H2,22,23,24). The molecule has 5 nitrogen and oxygen atoms in total. The number of rotatable bonds is 6. The number of piperidine rings is 1. The van der Waals surface area contributed by atoms with Crippen molar-refractivity contribution in [1.29, 1.82) is 0 Å². The zero-order valence-corrected chi connectivity index (χ0v) is 17.3. The number of aliphatic hydroxyl groups is 1. The first-order valence-electron chi connectivity index (χ1n) is 9.80. The van der Waals surface area contributed by atoms with Crippen molar-refractivity contribution in [1.82, 2.24) is 15.5 Å². The minimum absolute atomic E-state index is 0.449. The van der Waals surface area contributed by atoms with E-state index in [0.717, 1.165) is 68.7 Å². The lowest BCUT2D eigenvalue weighted by atomic mass is 9.80. The third-order valence-electron chi connectivity index (χ3n) is 5.41. The lowest BCUT2D eigenvalue weighted by Gasteiger charge is -2.36. The first kappa shape index (κ1) is 19.6. The molecule has 1 saturated heterocycles. The minimum Gasteiger partial charge on any atom is -0.388 e. The van der Waals surface area contributed by atoms with Gasteiger partial charge in [0.15, 0.2) is 5.96 Å². The van der Waals surface area contributed by atoms with Crippen molar-refractivity contribution in [3.05, 3.63) is 34.3 Å². The van der Waals surface area contributed by atoms with Gasteiger partial charge in [0.2, 0.25) is 0 Å². The maximum absolute atomic E-state index is 10.3. The van der Waals surface area contributed by atoms with Crippen LogP contribution in [0.5, 0.6) is 0 Å². The van der Waals surface area contributed by atoms with Crippen LogP contribution in [0, 0.1) is 0 Å². The van der Waals surface area contributed by atoms with Crippen molar-refractivity contribution in [2.45, 2.75) is 57.2 Å². The van der Waals surface area contributed by atoms with Gasteiger partial charge in [0.05, 0.1) is 12.1 Å². The van der Waals surface area contributed by atoms with Crippen molar-refractivity contribution in [2.75, 3.05) is 26.2 Å². The van der Waals surface area contributed by atoms with Gasteiger partial charge in [0, 0.05) is 36.7 Å². The van der Waals surface area contributed by atoms with Crippen LogP contribution in [0.3, 0.4) is 0 Å². The van der Waals surface area contributed by atoms with Crippen molar-refractivity contribution in [2.24, 2.45) is 4.99 Å². The Morgan fingerprint density at radius 1 is 1.27 bits per heavy atom. The topological polar surface area (TPSA) is 59.9 Å². The number of hydrogen-bond donors (Lipinski definition) is 3. The molecular formula is C20H31BrN4O. The molecule has 0 aromatic heterocycles. The third kappa shape index (κ3) is 5.69. The quantitative estimate of drug-likeness (QED) is 0.487. The molecule has 3 rings (SSSR count). The smallest absolute Gasteiger partial charge is 0.191 e. The Balaban J connectivity index is 1.45. The summed E-state index contributed by atoms with van der Waals surface area (Å²) < 4.78 is 1.13. The SMILES string of the molecule is CCNC(=NCC1(O)CCC1)NC1CCN(Cc2ccc(Br)cc2)CC1. The number of likely N-dealkylation sites (tertiary alicyclic amines) is 1. The number of benzene rings is 1. The molecule has 0 unspecified atom stereocenters. The van der Waals surface area contributed by atoms with Crippen LogP contribution in [0.4, 0.5) is 0 Å². The van der Waals surface area contributed by atoms with Gasteiger partial charge in [0.25, 0.3) is 0 Å². The van der Waals surface area contributed by atoms with E-state index in [9.17, 15) is 5.11 Å². The van der Waals surface area contributed by atoms with E-state index in [0.29, 0.717) is 12.6 Å². The van der Waals surface area contributed by atoms with E-state index in [1.165, 1.54) is 5.56 Å². The Labute approximate surface area is 165 Å². The van der Waals surface area contributed by atoms with Gasteiger partial charge in [0.1, 0.15) is 0 Å². The largest absolute Gasteiger partial charge is 0.388 e. The molecule has 6 heteroatoms. The minimum atomic E-state index is -0.559. The van der Waals surface area contributed by atoms with Gasteiger partial charge in [-0.05, 0) is 56.7 Å². The van der Waals surface area contributed by atoms with Crippen LogP contribution in [0.25, 0.3) is 0 Å². The molecule has 144 valence electrons. The molecule has 0 atom stereocenters. The highest BCUT2D eigenvalue weighted by atomic mass is 79.9. The first-order valence-corrected chi connectivity index (χ1v) is 10.6. The van der Waals surface area contributed by atoms with Gasteiger partial charge in [-0.3, -0.25) is 9.89 Å². The van der Waals surface area contributed by atoms with Crippen LogP contribution in [-0.2, 0) is 6.54 Å². The van der Waals surface area contributed by atoms with E-state index < -0.39 is 5.60 Å². The number of nitrogens with zero attached hydrogens (tertiary/aromatic N) is 2. The van der Waals surface area contributed by atoms with Crippen molar-refractivity contribution in [3.63, 3.8) is 0 Å². The van der Waals surface area contributed by atoms with Crippen LogP contribution < -0.4 is 10.6 Å². The zero-order valence-electron chi connectivity index (χ0n) is 15.7. The van der Waals surface area contributed by atoms with E-state index >= 15 is 0 Å². The lowest BCUT2D eigenvalue weighted by molar-refractivity contribution is -0.0236. The number of halogens is 1. The third-order valence-corrected chi connectivity index (χ3v) is 5.94. The van der Waals surface area contributed by atoms with Crippen molar-refractivity contribution >= 4 is 21.9 Å². The molecule has 1 heterocycles. The van der Waals surface area contributed by atoms with E-state index in [-0.39, 0.29) is 0 Å². The molecule has 3 N–H and O–H groups in total. The summed E-state index contributed by atoms with van der Waals surface area (Å²) in [6.45, 7) is 6.63. The van der Waals surface area contributed by atoms with Gasteiger partial charge < -0.3 is 15.7 Å². The molecule has 0 amide bonds. The summed E-state index contributed by atoms with van der Waals surface area (Å²) in [5.41, 5.74) is 0.805. The fourth-order valence-corrected chi connectivity index (χ4v) is 3.83. The maximum Gasteiger partial charge on any atom is 0.191 e. The second kappa shape index (κ2) is 9.20. The molecule has 0 radical (unpaired) electrons. The first-order chi connectivity index (χ1) is 12.6. The molecule has 1 aromatic carbocycles. The number of nitrogens with one attached hydrogen (secondary N) is 2. The monoisotopic (exact) mass is 422 g/mol. The predicted molar refractivity (Wildman–Crippen MR) is 110 cm³/mol. The summed E-state index contributed by atoms with van der Waals surface area (Å²) in [5, 5.41) is 17.1. The molecule has 1 aliphatic carbocycles. The van der Waals surface area contributed by atoms with Crippen molar-refractivity contribution < 1.29 is 5.11 Å². The maximum atomic E-state index is 10.3. The Hall–Kier alpha value is -1.11. The highest BCUT2D eigenvalue weighted by Crippen LogP contribution is 2.31. The van der Waals surface area contributed by atoms with E-state index in [4.69, 9.17) is 0 Å². The second-order valence-electron chi connectivity index (χ2n) is 7.59. The number of hydrogen-bond acceptors (Lipinski definition) is 3. The fourth-order valence-electron chi connectivity index (χ4n) is 3.57. The highest BCUT2D eigenvalue weighted by molar-refractivity contribution is 9.10. The lowest BCUT2D eigenvalue weighted by Crippen LogP contribution is -2.49. The molecule has 1 aromatic rings. The molecular weight excluding hydrogens is 392 g/mol. The number of aliphatic imine (C=N–C) groups is 1. The Bertz CT molecular complexity index is 592. The second-order valence-corrected chi connectivity index (χ2v) is 8.51. The molecule has 0 spiro atoms. The summed E-state index contributed by atoms with van der Waals surface area (Å²) in [6.07, 6.45) is 5.11. The molecule has 1 saturated carbocycles. The van der Waals surface area contributed by atoms with E-state index in [1.807, 2.05) is 0 Å². The Morgan fingerprint density at radius 3 is 2.54 bits per heavy atom. The molecule has 0 bridgehead atoms. The van der Waals surface area contributed by atoms with Crippen molar-refractivity contribution in [3.8, 4) is 0 Å². The van der Waals surface area contributed by atoms with Gasteiger partial charge >= 0.3 is 0 Å². The molecule has 1 aliphatic heterocycles. The fraction of sp³-hybridized carbons (Fsp3) is 0.650. The van der Waals surface area contributed by atoms with Crippen LogP contribution in [0.15, 0.2) is 33.7 Å². The highest BCUT2D eigenvalue weighted by Gasteiger charge is 2.34. The van der Waals surface area contributed by atoms with E-state index in [2.05, 4.69) is 67.6 Å². The molecule has 2 fully saturated rings. The summed E-state index contributed by atoms with van der Waals surface area (Å²) in [7, 11) is 0. The normalized spacial score (nSPS) is 21.3. The Morgan fingerprint density at radius 2 is 1.96 bits per heavy atom. The van der Waals surface area contributed by atoms with Crippen LogP contribution >= 0.6 is 15.9 Å². The molecule has 2 aliphatic rings. The van der Waals surface area contributed by atoms with Gasteiger partial charge in [-0.15, -0.1) is 0 Å². The van der Waals surface area contributed by atoms with Gasteiger partial charge in [-0.1, -0.05) is 28.1 Å². The van der Waals surface area contributed by atoms with Crippen LogP contribution in [-0.4, -0.2) is 53.8 Å². The number of guanidine groups is 1. The summed E-state index contributed by atoms with van der Waals surface area (Å²) >= 11 is 3.49. The predicted octanol–water partition coefficient (Wildman–Crippen LogP) is 2.88. The zero-order chi connectivity index (χ0) is 18.4. The summed E-state index contributed by atoms with van der Waals surface area (Å²) in [4.78, 5) is 7.14. The van der Waals surface area contributed by atoms with Gasteiger partial charge in [-0.2, -0.15) is 0 Å². The molecule has 26 heavy (non-hydrogen) atoms. The van der Waals surface area contributed by atoms with E-state index in [1.54, 1.807) is 0 Å². The summed E-state index contributed by atoms with van der Waals surface area (Å²) in [6, 6.07) is 9.05. The average molecular weight is 423 g/mol.